The fraction of sp³-hybridized carbons (Fsp3) is 0. The van der Waals surface area contributed by atoms with Gasteiger partial charge in [0.2, 0.25) is 0 Å². The zero-order valence-corrected chi connectivity index (χ0v) is 12.6. The van der Waals surface area contributed by atoms with Crippen LogP contribution >= 0.6 is 0 Å². The topological polar surface area (TPSA) is 109 Å². The van der Waals surface area contributed by atoms with Gasteiger partial charge in [-0.05, 0) is 35.4 Å². The number of hydrogen-bond acceptors (Lipinski definition) is 4. The molecule has 8 heteroatoms. The summed E-state index contributed by atoms with van der Waals surface area (Å²) in [5.41, 5.74) is 0.297. The minimum Gasteiger partial charge on any atom is -0.282 e. The summed E-state index contributed by atoms with van der Waals surface area (Å²) in [5, 5.41) is 0. The van der Waals surface area contributed by atoms with E-state index in [4.69, 9.17) is 9.11 Å². The lowest BCUT2D eigenvalue weighted by Gasteiger charge is -2.04. The van der Waals surface area contributed by atoms with Crippen molar-refractivity contribution in [3.05, 3.63) is 59.7 Å². The molecule has 0 aliphatic carbocycles. The Kier molecular flexibility index (Phi) is 4.47. The van der Waals surface area contributed by atoms with Crippen LogP contribution in [0.25, 0.3) is 12.2 Å². The van der Waals surface area contributed by atoms with Crippen LogP contribution in [0.3, 0.4) is 0 Å². The van der Waals surface area contributed by atoms with Gasteiger partial charge in [-0.25, -0.2) is 0 Å². The molecule has 0 fully saturated rings. The van der Waals surface area contributed by atoms with Crippen LogP contribution in [0.2, 0.25) is 0 Å². The molecule has 0 saturated carbocycles. The van der Waals surface area contributed by atoms with Crippen LogP contribution in [0.15, 0.2) is 46.2 Å². The van der Waals surface area contributed by atoms with E-state index < -0.39 is 20.2 Å². The average Bonchev–Trinajstić information content (AvgIpc) is 2.44. The molecule has 0 bridgehead atoms. The van der Waals surface area contributed by atoms with E-state index in [1.165, 1.54) is 36.4 Å². The third kappa shape index (κ3) is 3.80. The molecule has 0 aliphatic rings. The van der Waals surface area contributed by atoms with Crippen molar-refractivity contribution < 1.29 is 25.9 Å². The molecule has 0 unspecified atom stereocenters. The van der Waals surface area contributed by atoms with E-state index in [0.29, 0.717) is 0 Å². The lowest BCUT2D eigenvalue weighted by molar-refractivity contribution is 0.480. The summed E-state index contributed by atoms with van der Waals surface area (Å²) in [7, 11) is -8.87. The highest BCUT2D eigenvalue weighted by atomic mass is 32.2. The predicted octanol–water partition coefficient (Wildman–Crippen LogP) is 1.95. The molecule has 2 rings (SSSR count). The number of benzene rings is 2. The summed E-state index contributed by atoms with van der Waals surface area (Å²) in [4.78, 5) is -0.718. The Morgan fingerprint density at radius 1 is 0.773 bits per heavy atom. The van der Waals surface area contributed by atoms with E-state index in [1.54, 1.807) is 0 Å². The first-order valence-electron chi connectivity index (χ1n) is 5.83. The van der Waals surface area contributed by atoms with Gasteiger partial charge in [0.25, 0.3) is 20.2 Å². The second kappa shape index (κ2) is 6.01. The van der Waals surface area contributed by atoms with Gasteiger partial charge < -0.3 is 0 Å². The second-order valence-electron chi connectivity index (χ2n) is 4.21. The smallest absolute Gasteiger partial charge is 0.282 e. The van der Waals surface area contributed by atoms with Crippen molar-refractivity contribution in [1.82, 2.24) is 0 Å². The number of rotatable bonds is 4. The summed E-state index contributed by atoms with van der Waals surface area (Å²) in [6.45, 7) is 0. The van der Waals surface area contributed by atoms with Gasteiger partial charge in [-0.15, -0.1) is 0 Å². The second-order valence-corrected chi connectivity index (χ2v) is 6.99. The Labute approximate surface area is 128 Å². The van der Waals surface area contributed by atoms with E-state index in [9.17, 15) is 16.8 Å². The third-order valence-corrected chi connectivity index (χ3v) is 4.53. The molecular weight excluding hydrogens is 328 g/mol. The molecule has 0 amide bonds. The molecule has 0 aromatic heterocycles. The molecule has 2 aromatic carbocycles. The van der Waals surface area contributed by atoms with Crippen molar-refractivity contribution in [2.75, 3.05) is 0 Å². The van der Waals surface area contributed by atoms with Crippen LogP contribution in [0.1, 0.15) is 11.1 Å². The first-order chi connectivity index (χ1) is 10.2. The molecule has 0 heterocycles. The minimum atomic E-state index is -4.43. The van der Waals surface area contributed by atoms with Gasteiger partial charge in [-0.2, -0.15) is 16.8 Å². The SMILES string of the molecule is O=S(=O)(O)c1c[c]ccc1C=Cc1cc[c]cc1S(=O)(=O)O. The molecule has 22 heavy (non-hydrogen) atoms. The summed E-state index contributed by atoms with van der Waals surface area (Å²) >= 11 is 0. The van der Waals surface area contributed by atoms with Crippen molar-refractivity contribution in [1.29, 1.82) is 0 Å². The van der Waals surface area contributed by atoms with Gasteiger partial charge in [0.1, 0.15) is 9.79 Å². The maximum Gasteiger partial charge on any atom is 0.295 e. The minimum absolute atomic E-state index is 0.148. The van der Waals surface area contributed by atoms with Crippen LogP contribution in [0, 0.1) is 12.1 Å². The first kappa shape index (κ1) is 16.4. The highest BCUT2D eigenvalue weighted by Crippen LogP contribution is 2.21. The molecule has 0 atom stereocenters. The van der Waals surface area contributed by atoms with Gasteiger partial charge in [0, 0.05) is 0 Å². The van der Waals surface area contributed by atoms with Gasteiger partial charge >= 0.3 is 0 Å². The van der Waals surface area contributed by atoms with Crippen LogP contribution in [-0.2, 0) is 20.2 Å². The Hall–Kier alpha value is -2.00. The molecular formula is C14H10O6S2. The summed E-state index contributed by atoms with van der Waals surface area (Å²) in [6.07, 6.45) is 2.61. The first-order valence-corrected chi connectivity index (χ1v) is 8.71. The largest absolute Gasteiger partial charge is 0.295 e. The Bertz CT molecular complexity index is 850. The molecule has 2 aromatic rings. The van der Waals surface area contributed by atoms with Crippen LogP contribution in [0.4, 0.5) is 0 Å². The molecule has 2 N–H and O–H groups in total. The lowest BCUT2D eigenvalue weighted by atomic mass is 10.1. The number of hydrogen-bond donors (Lipinski definition) is 2. The van der Waals surface area contributed by atoms with Crippen molar-refractivity contribution in [2.45, 2.75) is 9.79 Å². The normalized spacial score (nSPS) is 12.6. The predicted molar refractivity (Wildman–Crippen MR) is 79.1 cm³/mol. The molecule has 114 valence electrons. The Morgan fingerprint density at radius 3 is 1.45 bits per heavy atom. The fourth-order valence-electron chi connectivity index (χ4n) is 1.76. The van der Waals surface area contributed by atoms with E-state index in [1.807, 2.05) is 0 Å². The van der Waals surface area contributed by atoms with Crippen LogP contribution in [-0.4, -0.2) is 25.9 Å². The zero-order valence-electron chi connectivity index (χ0n) is 11.0. The third-order valence-electron chi connectivity index (χ3n) is 2.71. The highest BCUT2D eigenvalue weighted by Gasteiger charge is 2.15. The molecule has 0 aliphatic heterocycles. The van der Waals surface area contributed by atoms with E-state index in [0.717, 1.165) is 12.1 Å². The van der Waals surface area contributed by atoms with Gasteiger partial charge in [0.05, 0.1) is 0 Å². The Balaban J connectivity index is 2.53. The molecule has 0 saturated heterocycles. The van der Waals surface area contributed by atoms with Gasteiger partial charge in [0.15, 0.2) is 0 Å². The summed E-state index contributed by atoms with van der Waals surface area (Å²) in [6, 6.07) is 12.9. The van der Waals surface area contributed by atoms with Gasteiger partial charge in [-0.1, -0.05) is 36.4 Å². The maximum absolute atomic E-state index is 11.3. The molecule has 2 radical (unpaired) electrons. The van der Waals surface area contributed by atoms with Gasteiger partial charge in [-0.3, -0.25) is 9.11 Å². The standard InChI is InChI=1S/C14H10O6S2/c15-21(16,17)13-7-3-1-5-11(13)9-10-12-6-2-4-8-14(12)22(18,19)20/h1-2,5-10H,(H,15,16,17)(H,18,19,20). The monoisotopic (exact) mass is 338 g/mol. The maximum atomic E-state index is 11.3. The van der Waals surface area contributed by atoms with Crippen molar-refractivity contribution in [2.24, 2.45) is 0 Å². The Morgan fingerprint density at radius 2 is 1.14 bits per heavy atom. The summed E-state index contributed by atoms with van der Waals surface area (Å²) in [5.74, 6) is 0. The van der Waals surface area contributed by atoms with E-state index in [2.05, 4.69) is 12.1 Å². The van der Waals surface area contributed by atoms with Crippen molar-refractivity contribution in [3.8, 4) is 0 Å². The quantitative estimate of drug-likeness (QED) is 0.651. The molecule has 0 spiro atoms. The van der Waals surface area contributed by atoms with E-state index >= 15 is 0 Å². The van der Waals surface area contributed by atoms with Crippen LogP contribution < -0.4 is 0 Å². The van der Waals surface area contributed by atoms with Crippen LogP contribution in [0.5, 0.6) is 0 Å². The highest BCUT2D eigenvalue weighted by molar-refractivity contribution is 7.86. The lowest BCUT2D eigenvalue weighted by Crippen LogP contribution is -2.01. The average molecular weight is 338 g/mol. The zero-order chi connectivity index (χ0) is 16.4. The summed E-state index contributed by atoms with van der Waals surface area (Å²) < 4.78 is 63.3. The van der Waals surface area contributed by atoms with Crippen molar-refractivity contribution in [3.63, 3.8) is 0 Å². The van der Waals surface area contributed by atoms with Crippen molar-refractivity contribution >= 4 is 32.4 Å². The van der Waals surface area contributed by atoms with E-state index in [-0.39, 0.29) is 20.9 Å². The fourth-order valence-corrected chi connectivity index (χ4v) is 3.06. The molecule has 6 nitrogen and oxygen atoms in total.